The summed E-state index contributed by atoms with van der Waals surface area (Å²) < 4.78 is 0. The zero-order valence-corrected chi connectivity index (χ0v) is 11.3. The number of carboxylic acids is 1. The second-order valence-corrected chi connectivity index (χ2v) is 5.26. The van der Waals surface area contributed by atoms with Crippen LogP contribution in [0.25, 0.3) is 0 Å². The molecule has 1 aromatic heterocycles. The molecule has 2 N–H and O–H groups in total. The van der Waals surface area contributed by atoms with Crippen LogP contribution in [0.4, 0.5) is 11.5 Å². The summed E-state index contributed by atoms with van der Waals surface area (Å²) in [6, 6.07) is 1.57. The first kappa shape index (κ1) is 14.2. The summed E-state index contributed by atoms with van der Waals surface area (Å²) in [5.41, 5.74) is -0.273. The van der Waals surface area contributed by atoms with Gasteiger partial charge in [0.05, 0.1) is 10.3 Å². The van der Waals surface area contributed by atoms with Crippen molar-refractivity contribution in [2.75, 3.05) is 11.9 Å². The van der Waals surface area contributed by atoms with Gasteiger partial charge in [0.25, 0.3) is 5.69 Å². The molecule has 0 atom stereocenters. The van der Waals surface area contributed by atoms with E-state index < -0.39 is 16.3 Å². The first-order valence-corrected chi connectivity index (χ1v) is 6.53. The Bertz CT molecular complexity index is 538. The van der Waals surface area contributed by atoms with Crippen molar-refractivity contribution in [3.8, 4) is 0 Å². The lowest BCUT2D eigenvalue weighted by atomic mass is 9.86. The van der Waals surface area contributed by atoms with Gasteiger partial charge in [0.2, 0.25) is 0 Å². The number of anilines is 1. The van der Waals surface area contributed by atoms with Gasteiger partial charge in [-0.3, -0.25) is 14.9 Å². The highest BCUT2D eigenvalue weighted by Gasteiger charge is 2.41. The Balaban J connectivity index is 2.09. The number of aliphatic carboxylic acids is 1. The van der Waals surface area contributed by atoms with E-state index in [1.807, 2.05) is 0 Å². The number of carbonyl (C=O) groups is 1. The highest BCUT2D eigenvalue weighted by atomic mass is 16.6. The standard InChI is InChI=1S/C13H17N3O4/c1-9-6-11(14-7-10(9)16(19)20)15-8-13(12(17)18)4-2-3-5-13/h6-7H,2-5,8H2,1H3,(H,14,15)(H,17,18). The summed E-state index contributed by atoms with van der Waals surface area (Å²) in [6.45, 7) is 1.93. The van der Waals surface area contributed by atoms with E-state index in [4.69, 9.17) is 0 Å². The van der Waals surface area contributed by atoms with Gasteiger partial charge in [-0.25, -0.2) is 4.98 Å². The molecule has 7 nitrogen and oxygen atoms in total. The molecule has 0 bridgehead atoms. The van der Waals surface area contributed by atoms with E-state index in [0.717, 1.165) is 12.8 Å². The number of hydrogen-bond acceptors (Lipinski definition) is 5. The summed E-state index contributed by atoms with van der Waals surface area (Å²) in [5.74, 6) is -0.318. The molecule has 0 spiro atoms. The number of nitrogens with zero attached hydrogens (tertiary/aromatic N) is 2. The van der Waals surface area contributed by atoms with Gasteiger partial charge in [0, 0.05) is 12.1 Å². The van der Waals surface area contributed by atoms with Gasteiger partial charge < -0.3 is 10.4 Å². The minimum Gasteiger partial charge on any atom is -0.481 e. The molecule has 0 radical (unpaired) electrons. The number of rotatable bonds is 5. The van der Waals surface area contributed by atoms with E-state index >= 15 is 0 Å². The molecule has 0 amide bonds. The van der Waals surface area contributed by atoms with Crippen LogP contribution in [-0.2, 0) is 4.79 Å². The van der Waals surface area contributed by atoms with Crippen molar-refractivity contribution in [3.05, 3.63) is 27.9 Å². The number of pyridine rings is 1. The summed E-state index contributed by atoms with van der Waals surface area (Å²) in [6.07, 6.45) is 4.34. The zero-order valence-electron chi connectivity index (χ0n) is 11.3. The Morgan fingerprint density at radius 1 is 1.55 bits per heavy atom. The molecule has 20 heavy (non-hydrogen) atoms. The van der Waals surface area contributed by atoms with Crippen LogP contribution in [0.5, 0.6) is 0 Å². The van der Waals surface area contributed by atoms with Crippen LogP contribution in [0.3, 0.4) is 0 Å². The molecule has 1 aromatic rings. The van der Waals surface area contributed by atoms with Crippen LogP contribution >= 0.6 is 0 Å². The molecule has 1 saturated carbocycles. The normalized spacial score (nSPS) is 16.9. The van der Waals surface area contributed by atoms with Gasteiger partial charge >= 0.3 is 5.97 Å². The smallest absolute Gasteiger partial charge is 0.311 e. The molecule has 0 aromatic carbocycles. The molecule has 1 fully saturated rings. The van der Waals surface area contributed by atoms with Crippen molar-refractivity contribution in [3.63, 3.8) is 0 Å². The lowest BCUT2D eigenvalue weighted by molar-refractivity contribution is -0.385. The van der Waals surface area contributed by atoms with E-state index in [1.165, 1.54) is 6.20 Å². The van der Waals surface area contributed by atoms with Crippen molar-refractivity contribution in [1.82, 2.24) is 4.98 Å². The molecular weight excluding hydrogens is 262 g/mol. The minimum atomic E-state index is -0.791. The zero-order chi connectivity index (χ0) is 14.8. The molecule has 1 aliphatic rings. The van der Waals surface area contributed by atoms with Gasteiger partial charge in [0.1, 0.15) is 12.0 Å². The van der Waals surface area contributed by atoms with Crippen molar-refractivity contribution < 1.29 is 14.8 Å². The van der Waals surface area contributed by atoms with Gasteiger partial charge in [-0.05, 0) is 25.8 Å². The Morgan fingerprint density at radius 2 is 2.20 bits per heavy atom. The highest BCUT2D eigenvalue weighted by molar-refractivity contribution is 5.75. The highest BCUT2D eigenvalue weighted by Crippen LogP contribution is 2.38. The summed E-state index contributed by atoms with van der Waals surface area (Å²) in [7, 11) is 0. The molecule has 1 aliphatic carbocycles. The van der Waals surface area contributed by atoms with E-state index in [2.05, 4.69) is 10.3 Å². The van der Waals surface area contributed by atoms with Crippen LogP contribution in [0.15, 0.2) is 12.3 Å². The largest absolute Gasteiger partial charge is 0.481 e. The van der Waals surface area contributed by atoms with Crippen molar-refractivity contribution in [1.29, 1.82) is 0 Å². The van der Waals surface area contributed by atoms with E-state index in [9.17, 15) is 20.0 Å². The fourth-order valence-corrected chi connectivity index (χ4v) is 2.61. The molecule has 2 rings (SSSR count). The molecule has 7 heteroatoms. The molecule has 108 valence electrons. The van der Waals surface area contributed by atoms with Gasteiger partial charge in [-0.15, -0.1) is 0 Å². The molecular formula is C13H17N3O4. The number of aryl methyl sites for hydroxylation is 1. The third kappa shape index (κ3) is 2.71. The lowest BCUT2D eigenvalue weighted by Gasteiger charge is -2.24. The van der Waals surface area contributed by atoms with Crippen molar-refractivity contribution in [2.24, 2.45) is 5.41 Å². The predicted octanol–water partition coefficient (Wildman–Crippen LogP) is 2.36. The van der Waals surface area contributed by atoms with Crippen molar-refractivity contribution in [2.45, 2.75) is 32.6 Å². The Hall–Kier alpha value is -2.18. The van der Waals surface area contributed by atoms with Crippen LogP contribution < -0.4 is 5.32 Å². The second kappa shape index (κ2) is 5.44. The monoisotopic (exact) mass is 279 g/mol. The molecule has 1 heterocycles. The predicted molar refractivity (Wildman–Crippen MR) is 72.7 cm³/mol. The fourth-order valence-electron chi connectivity index (χ4n) is 2.61. The summed E-state index contributed by atoms with van der Waals surface area (Å²) in [4.78, 5) is 25.6. The number of hydrogen-bond donors (Lipinski definition) is 2. The van der Waals surface area contributed by atoms with Crippen LogP contribution in [0.2, 0.25) is 0 Å². The topological polar surface area (TPSA) is 105 Å². The fraction of sp³-hybridized carbons (Fsp3) is 0.538. The first-order valence-electron chi connectivity index (χ1n) is 6.53. The van der Waals surface area contributed by atoms with Crippen LogP contribution in [-0.4, -0.2) is 27.5 Å². The lowest BCUT2D eigenvalue weighted by Crippen LogP contribution is -2.35. The number of carboxylic acid groups (broad SMARTS) is 1. The average Bonchev–Trinajstić information content (AvgIpc) is 2.86. The third-order valence-corrected chi connectivity index (χ3v) is 3.90. The Kier molecular flexibility index (Phi) is 3.87. The summed E-state index contributed by atoms with van der Waals surface area (Å²) >= 11 is 0. The summed E-state index contributed by atoms with van der Waals surface area (Å²) in [5, 5.41) is 23.1. The van der Waals surface area contributed by atoms with E-state index in [0.29, 0.717) is 30.8 Å². The van der Waals surface area contributed by atoms with E-state index in [-0.39, 0.29) is 5.69 Å². The van der Waals surface area contributed by atoms with Crippen LogP contribution in [0.1, 0.15) is 31.2 Å². The molecule has 0 unspecified atom stereocenters. The average molecular weight is 279 g/mol. The number of nitrogens with one attached hydrogen (secondary N) is 1. The Labute approximate surface area is 116 Å². The SMILES string of the molecule is Cc1cc(NCC2(C(=O)O)CCCC2)ncc1[N+](=O)[O-]. The third-order valence-electron chi connectivity index (χ3n) is 3.90. The first-order chi connectivity index (χ1) is 9.44. The van der Waals surface area contributed by atoms with Crippen LogP contribution in [0, 0.1) is 22.5 Å². The van der Waals surface area contributed by atoms with Gasteiger partial charge in [-0.2, -0.15) is 0 Å². The minimum absolute atomic E-state index is 0.0376. The quantitative estimate of drug-likeness (QED) is 0.633. The van der Waals surface area contributed by atoms with E-state index in [1.54, 1.807) is 13.0 Å². The Morgan fingerprint density at radius 3 is 2.70 bits per heavy atom. The van der Waals surface area contributed by atoms with Crippen molar-refractivity contribution >= 4 is 17.5 Å². The molecule has 0 aliphatic heterocycles. The maximum absolute atomic E-state index is 11.4. The van der Waals surface area contributed by atoms with Gasteiger partial charge in [0.15, 0.2) is 0 Å². The number of nitro groups is 1. The second-order valence-electron chi connectivity index (χ2n) is 5.26. The number of aromatic nitrogens is 1. The maximum Gasteiger partial charge on any atom is 0.311 e. The van der Waals surface area contributed by atoms with Gasteiger partial charge in [-0.1, -0.05) is 12.8 Å². The molecule has 0 saturated heterocycles. The maximum atomic E-state index is 11.4.